The average molecular weight is 329 g/mol. The van der Waals surface area contributed by atoms with E-state index >= 15 is 0 Å². The molecule has 2 aromatic rings. The highest BCUT2D eigenvalue weighted by Gasteiger charge is 2.41. The summed E-state index contributed by atoms with van der Waals surface area (Å²) in [5.41, 5.74) is -0.563. The zero-order chi connectivity index (χ0) is 17.0. The van der Waals surface area contributed by atoms with E-state index in [9.17, 15) is 9.90 Å². The third kappa shape index (κ3) is 3.52. The van der Waals surface area contributed by atoms with Crippen molar-refractivity contribution in [2.75, 3.05) is 26.3 Å². The van der Waals surface area contributed by atoms with Gasteiger partial charge in [-0.25, -0.2) is 0 Å². The van der Waals surface area contributed by atoms with Crippen LogP contribution in [-0.4, -0.2) is 42.2 Å². The number of rotatable bonds is 5. The van der Waals surface area contributed by atoms with Crippen LogP contribution in [0.2, 0.25) is 0 Å². The predicted octanol–water partition coefficient (Wildman–Crippen LogP) is 2.20. The molecule has 1 aromatic carbocycles. The van der Waals surface area contributed by atoms with Gasteiger partial charge in [0, 0.05) is 19.5 Å². The van der Waals surface area contributed by atoms with Gasteiger partial charge in [-0.3, -0.25) is 4.79 Å². The Kier molecular flexibility index (Phi) is 5.02. The zero-order valence-corrected chi connectivity index (χ0v) is 13.9. The molecule has 1 aromatic heterocycles. The van der Waals surface area contributed by atoms with Gasteiger partial charge < -0.3 is 19.2 Å². The van der Waals surface area contributed by atoms with Gasteiger partial charge >= 0.3 is 0 Å². The molecule has 3 rings (SSSR count). The molecular weight excluding hydrogens is 306 g/mol. The normalized spacial score (nSPS) is 18.8. The van der Waals surface area contributed by atoms with Crippen molar-refractivity contribution in [3.05, 3.63) is 60.1 Å². The first-order valence-electron chi connectivity index (χ1n) is 8.26. The fraction of sp³-hybridized carbons (Fsp3) is 0.421. The number of amides is 1. The van der Waals surface area contributed by atoms with Gasteiger partial charge in [-0.15, -0.1) is 0 Å². The largest absolute Gasteiger partial charge is 0.469 e. The molecule has 1 aliphatic heterocycles. The van der Waals surface area contributed by atoms with Crippen molar-refractivity contribution in [2.45, 2.75) is 18.9 Å². The maximum Gasteiger partial charge on any atom is 0.229 e. The topological polar surface area (TPSA) is 62.9 Å². The Labute approximate surface area is 141 Å². The van der Waals surface area contributed by atoms with Crippen LogP contribution in [0.1, 0.15) is 18.2 Å². The minimum atomic E-state index is -1.29. The van der Waals surface area contributed by atoms with Gasteiger partial charge in [-0.05, 0) is 24.6 Å². The molecule has 1 aliphatic rings. The Morgan fingerprint density at radius 1 is 1.21 bits per heavy atom. The van der Waals surface area contributed by atoms with Crippen LogP contribution in [0.4, 0.5) is 0 Å². The number of carbonyl (C=O) groups is 1. The lowest BCUT2D eigenvalue weighted by molar-refractivity contribution is -0.149. The Balaban J connectivity index is 1.90. The van der Waals surface area contributed by atoms with Gasteiger partial charge in [0.1, 0.15) is 5.76 Å². The van der Waals surface area contributed by atoms with Crippen LogP contribution in [0.3, 0.4) is 0 Å². The SMILES string of the molecule is C[C@](O)(c1ccccc1)[C@@H](Cc1ccco1)C(=O)N1CCOCC1. The first kappa shape index (κ1) is 16.7. The minimum absolute atomic E-state index is 0.0662. The Hall–Kier alpha value is -2.11. The highest BCUT2D eigenvalue weighted by molar-refractivity contribution is 5.80. The summed E-state index contributed by atoms with van der Waals surface area (Å²) in [6.45, 7) is 3.88. The maximum atomic E-state index is 13.1. The molecule has 1 amide bonds. The number of aliphatic hydroxyl groups is 1. The summed E-state index contributed by atoms with van der Waals surface area (Å²) in [6, 6.07) is 13.0. The number of benzene rings is 1. The molecule has 2 heterocycles. The molecule has 1 fully saturated rings. The molecule has 1 saturated heterocycles. The summed E-state index contributed by atoms with van der Waals surface area (Å²) in [6.07, 6.45) is 1.94. The number of furan rings is 1. The number of hydrogen-bond donors (Lipinski definition) is 1. The lowest BCUT2D eigenvalue weighted by Crippen LogP contribution is -2.50. The average Bonchev–Trinajstić information content (AvgIpc) is 3.14. The zero-order valence-electron chi connectivity index (χ0n) is 13.9. The number of carbonyl (C=O) groups excluding carboxylic acids is 1. The van der Waals surface area contributed by atoms with Crippen molar-refractivity contribution in [3.8, 4) is 0 Å². The second kappa shape index (κ2) is 7.20. The fourth-order valence-corrected chi connectivity index (χ4v) is 3.14. The molecular formula is C19H23NO4. The van der Waals surface area contributed by atoms with E-state index in [0.29, 0.717) is 38.5 Å². The predicted molar refractivity (Wildman–Crippen MR) is 89.3 cm³/mol. The third-order valence-corrected chi connectivity index (χ3v) is 4.64. The van der Waals surface area contributed by atoms with Crippen molar-refractivity contribution < 1.29 is 19.1 Å². The summed E-state index contributed by atoms with van der Waals surface area (Å²) < 4.78 is 10.8. The monoisotopic (exact) mass is 329 g/mol. The van der Waals surface area contributed by atoms with Gasteiger partial charge in [-0.1, -0.05) is 30.3 Å². The third-order valence-electron chi connectivity index (χ3n) is 4.64. The van der Waals surface area contributed by atoms with Crippen molar-refractivity contribution in [2.24, 2.45) is 5.92 Å². The second-order valence-corrected chi connectivity index (χ2v) is 6.29. The van der Waals surface area contributed by atoms with Gasteiger partial charge in [0.25, 0.3) is 0 Å². The van der Waals surface area contributed by atoms with E-state index < -0.39 is 11.5 Å². The summed E-state index contributed by atoms with van der Waals surface area (Å²) in [5.74, 6) is 0.00511. The number of morpholine rings is 1. The summed E-state index contributed by atoms with van der Waals surface area (Å²) >= 11 is 0. The van der Waals surface area contributed by atoms with E-state index in [4.69, 9.17) is 9.15 Å². The van der Waals surface area contributed by atoms with Gasteiger partial charge in [0.15, 0.2) is 0 Å². The summed E-state index contributed by atoms with van der Waals surface area (Å²) in [4.78, 5) is 14.9. The first-order valence-corrected chi connectivity index (χ1v) is 8.26. The number of nitrogens with zero attached hydrogens (tertiary/aromatic N) is 1. The Bertz CT molecular complexity index is 645. The molecule has 5 heteroatoms. The molecule has 0 bridgehead atoms. The van der Waals surface area contributed by atoms with E-state index in [1.54, 1.807) is 24.2 Å². The molecule has 0 aliphatic carbocycles. The van der Waals surface area contributed by atoms with Crippen LogP contribution in [0.25, 0.3) is 0 Å². The lowest BCUT2D eigenvalue weighted by atomic mass is 9.79. The van der Waals surface area contributed by atoms with Gasteiger partial charge in [0.2, 0.25) is 5.91 Å². The lowest BCUT2D eigenvalue weighted by Gasteiger charge is -2.37. The van der Waals surface area contributed by atoms with Gasteiger partial charge in [0.05, 0.1) is 31.0 Å². The van der Waals surface area contributed by atoms with E-state index in [1.807, 2.05) is 36.4 Å². The maximum absolute atomic E-state index is 13.1. The molecule has 0 radical (unpaired) electrons. The molecule has 2 atom stereocenters. The van der Waals surface area contributed by atoms with E-state index in [1.165, 1.54) is 0 Å². The van der Waals surface area contributed by atoms with Crippen LogP contribution < -0.4 is 0 Å². The highest BCUT2D eigenvalue weighted by atomic mass is 16.5. The summed E-state index contributed by atoms with van der Waals surface area (Å²) in [7, 11) is 0. The Morgan fingerprint density at radius 2 is 1.92 bits per heavy atom. The van der Waals surface area contributed by atoms with Crippen molar-refractivity contribution in [3.63, 3.8) is 0 Å². The standard InChI is InChI=1S/C19H23NO4/c1-19(22,15-6-3-2-4-7-15)17(14-16-8-5-11-24-16)18(21)20-9-12-23-13-10-20/h2-8,11,17,22H,9-10,12-14H2,1H3/t17-,19-/m0/s1. The van der Waals surface area contributed by atoms with Crippen molar-refractivity contribution >= 4 is 5.91 Å². The van der Waals surface area contributed by atoms with Gasteiger partial charge in [-0.2, -0.15) is 0 Å². The molecule has 5 nitrogen and oxygen atoms in total. The van der Waals surface area contributed by atoms with Crippen molar-refractivity contribution in [1.29, 1.82) is 0 Å². The van der Waals surface area contributed by atoms with Crippen LogP contribution in [0.5, 0.6) is 0 Å². The fourth-order valence-electron chi connectivity index (χ4n) is 3.14. The first-order chi connectivity index (χ1) is 11.6. The summed E-state index contributed by atoms with van der Waals surface area (Å²) in [5, 5.41) is 11.2. The molecule has 1 N–H and O–H groups in total. The number of hydrogen-bond acceptors (Lipinski definition) is 4. The van der Waals surface area contributed by atoms with Crippen LogP contribution in [0.15, 0.2) is 53.1 Å². The Morgan fingerprint density at radius 3 is 2.54 bits per heavy atom. The quantitative estimate of drug-likeness (QED) is 0.913. The molecule has 0 saturated carbocycles. The molecule has 0 spiro atoms. The van der Waals surface area contributed by atoms with E-state index in [2.05, 4.69) is 0 Å². The second-order valence-electron chi connectivity index (χ2n) is 6.29. The molecule has 128 valence electrons. The van der Waals surface area contributed by atoms with E-state index in [0.717, 1.165) is 5.56 Å². The van der Waals surface area contributed by atoms with E-state index in [-0.39, 0.29) is 5.91 Å². The minimum Gasteiger partial charge on any atom is -0.469 e. The smallest absolute Gasteiger partial charge is 0.229 e. The van der Waals surface area contributed by atoms with Crippen molar-refractivity contribution in [1.82, 2.24) is 4.90 Å². The van der Waals surface area contributed by atoms with Crippen LogP contribution >= 0.6 is 0 Å². The molecule has 0 unspecified atom stereocenters. The van der Waals surface area contributed by atoms with Crippen LogP contribution in [0, 0.1) is 5.92 Å². The number of ether oxygens (including phenoxy) is 1. The van der Waals surface area contributed by atoms with Crippen LogP contribution in [-0.2, 0) is 21.6 Å². The highest BCUT2D eigenvalue weighted by Crippen LogP contribution is 2.33. The molecule has 24 heavy (non-hydrogen) atoms.